The predicted octanol–water partition coefficient (Wildman–Crippen LogP) is 2.71. The molecule has 2 heteroatoms. The first-order valence-electron chi connectivity index (χ1n) is 6.16. The molecule has 2 rings (SSSR count). The molecule has 1 aliphatic heterocycles. The molecule has 0 amide bonds. The summed E-state index contributed by atoms with van der Waals surface area (Å²) in [5.74, 6) is 0.265. The van der Waals surface area contributed by atoms with Crippen molar-refractivity contribution >= 4 is 0 Å². The lowest BCUT2D eigenvalue weighted by atomic mass is 9.90. The fraction of sp³-hybridized carbons (Fsp3) is 0.571. The van der Waals surface area contributed by atoms with Gasteiger partial charge in [0.15, 0.2) is 0 Å². The highest BCUT2D eigenvalue weighted by Gasteiger charge is 2.26. The molecule has 1 fully saturated rings. The van der Waals surface area contributed by atoms with Gasteiger partial charge in [0.05, 0.1) is 6.10 Å². The van der Waals surface area contributed by atoms with Crippen LogP contribution in [0.15, 0.2) is 24.3 Å². The Kier molecular flexibility index (Phi) is 3.97. The molecule has 2 nitrogen and oxygen atoms in total. The third-order valence-electron chi connectivity index (χ3n) is 3.40. The summed E-state index contributed by atoms with van der Waals surface area (Å²) in [6.07, 6.45) is 3.28. The highest BCUT2D eigenvalue weighted by molar-refractivity contribution is 5.25. The number of ether oxygens (including phenoxy) is 1. The quantitative estimate of drug-likeness (QED) is 0.848. The van der Waals surface area contributed by atoms with Gasteiger partial charge in [-0.15, -0.1) is 0 Å². The number of rotatable bonds is 3. The van der Waals surface area contributed by atoms with Gasteiger partial charge in [0.25, 0.3) is 0 Å². The highest BCUT2D eigenvalue weighted by atomic mass is 16.5. The van der Waals surface area contributed by atoms with Gasteiger partial charge in [0.2, 0.25) is 0 Å². The summed E-state index contributed by atoms with van der Waals surface area (Å²) in [6, 6.07) is 8.58. The van der Waals surface area contributed by atoms with E-state index in [0.717, 1.165) is 25.9 Å². The molecular weight excluding hydrogens is 200 g/mol. The van der Waals surface area contributed by atoms with Gasteiger partial charge < -0.3 is 9.84 Å². The average molecular weight is 220 g/mol. The molecule has 88 valence electrons. The van der Waals surface area contributed by atoms with E-state index in [4.69, 9.17) is 4.74 Å². The Labute approximate surface area is 97.3 Å². The zero-order chi connectivity index (χ0) is 11.4. The summed E-state index contributed by atoms with van der Waals surface area (Å²) < 4.78 is 5.78. The first-order valence-corrected chi connectivity index (χ1v) is 6.16. The molecule has 1 aromatic carbocycles. The van der Waals surface area contributed by atoms with Crippen LogP contribution in [0.4, 0.5) is 0 Å². The van der Waals surface area contributed by atoms with Crippen LogP contribution in [0.1, 0.15) is 37.0 Å². The van der Waals surface area contributed by atoms with Gasteiger partial charge in [0.1, 0.15) is 0 Å². The number of aliphatic hydroxyl groups is 1. The Balaban J connectivity index is 2.14. The molecule has 0 saturated carbocycles. The van der Waals surface area contributed by atoms with Crippen molar-refractivity contribution in [1.29, 1.82) is 0 Å². The summed E-state index contributed by atoms with van der Waals surface area (Å²) in [4.78, 5) is 0. The molecule has 0 spiro atoms. The van der Waals surface area contributed by atoms with Crippen LogP contribution in [-0.4, -0.2) is 18.3 Å². The van der Waals surface area contributed by atoms with E-state index in [1.54, 1.807) is 0 Å². The van der Waals surface area contributed by atoms with E-state index in [-0.39, 0.29) is 18.6 Å². The fourth-order valence-electron chi connectivity index (χ4n) is 2.34. The smallest absolute Gasteiger partial charge is 0.0874 e. The number of hydrogen-bond donors (Lipinski definition) is 1. The second-order valence-corrected chi connectivity index (χ2v) is 4.47. The summed E-state index contributed by atoms with van der Waals surface area (Å²) in [6.45, 7) is 3.19. The summed E-state index contributed by atoms with van der Waals surface area (Å²) in [5, 5.41) is 9.34. The molecule has 1 heterocycles. The van der Waals surface area contributed by atoms with Crippen LogP contribution < -0.4 is 0 Å². The maximum atomic E-state index is 9.34. The second kappa shape index (κ2) is 5.46. The third-order valence-corrected chi connectivity index (χ3v) is 3.40. The molecular formula is C14H20O2. The van der Waals surface area contributed by atoms with Crippen LogP contribution in [0.2, 0.25) is 0 Å². The normalized spacial score (nSPS) is 25.6. The lowest BCUT2D eigenvalue weighted by Crippen LogP contribution is -2.25. The second-order valence-electron chi connectivity index (χ2n) is 4.47. The summed E-state index contributed by atoms with van der Waals surface area (Å²) in [7, 11) is 0. The molecule has 1 saturated heterocycles. The Bertz CT molecular complexity index is 318. The molecule has 0 bridgehead atoms. The van der Waals surface area contributed by atoms with Crippen LogP contribution in [0.3, 0.4) is 0 Å². The summed E-state index contributed by atoms with van der Waals surface area (Å²) in [5.41, 5.74) is 2.55. The van der Waals surface area contributed by atoms with Crippen LogP contribution in [0.25, 0.3) is 0 Å². The van der Waals surface area contributed by atoms with Gasteiger partial charge >= 0.3 is 0 Å². The van der Waals surface area contributed by atoms with Crippen molar-refractivity contribution in [2.75, 3.05) is 13.2 Å². The van der Waals surface area contributed by atoms with Gasteiger partial charge in [-0.25, -0.2) is 0 Å². The topological polar surface area (TPSA) is 29.5 Å². The van der Waals surface area contributed by atoms with E-state index in [1.807, 2.05) is 0 Å². The van der Waals surface area contributed by atoms with Crippen molar-refractivity contribution in [3.63, 3.8) is 0 Å². The lowest BCUT2D eigenvalue weighted by Gasteiger charge is -2.30. The largest absolute Gasteiger partial charge is 0.396 e. The third kappa shape index (κ3) is 2.45. The van der Waals surface area contributed by atoms with E-state index in [9.17, 15) is 5.11 Å². The van der Waals surface area contributed by atoms with Crippen LogP contribution in [0.5, 0.6) is 0 Å². The average Bonchev–Trinajstić information content (AvgIpc) is 2.39. The molecule has 2 unspecified atom stereocenters. The van der Waals surface area contributed by atoms with E-state index >= 15 is 0 Å². The minimum Gasteiger partial charge on any atom is -0.396 e. The van der Waals surface area contributed by atoms with Crippen molar-refractivity contribution < 1.29 is 9.84 Å². The van der Waals surface area contributed by atoms with Gasteiger partial charge in [-0.1, -0.05) is 31.2 Å². The molecule has 1 aliphatic rings. The maximum absolute atomic E-state index is 9.34. The Morgan fingerprint density at radius 3 is 2.69 bits per heavy atom. The first-order chi connectivity index (χ1) is 7.85. The van der Waals surface area contributed by atoms with E-state index in [2.05, 4.69) is 31.2 Å². The Morgan fingerprint density at radius 1 is 1.31 bits per heavy atom. The number of aryl methyl sites for hydroxylation is 1. The minimum atomic E-state index is 0.0876. The maximum Gasteiger partial charge on any atom is 0.0874 e. The number of aliphatic hydroxyl groups excluding tert-OH is 1. The van der Waals surface area contributed by atoms with Crippen LogP contribution in [0, 0.1) is 5.92 Å². The lowest BCUT2D eigenvalue weighted by molar-refractivity contribution is -0.0457. The number of benzene rings is 1. The number of hydrogen-bond acceptors (Lipinski definition) is 2. The van der Waals surface area contributed by atoms with Crippen molar-refractivity contribution in [2.45, 2.75) is 32.3 Å². The zero-order valence-electron chi connectivity index (χ0n) is 9.86. The molecule has 2 atom stereocenters. The fourth-order valence-corrected chi connectivity index (χ4v) is 2.34. The van der Waals surface area contributed by atoms with Crippen LogP contribution >= 0.6 is 0 Å². The van der Waals surface area contributed by atoms with Crippen molar-refractivity contribution in [3.05, 3.63) is 35.4 Å². The molecule has 0 radical (unpaired) electrons. The highest BCUT2D eigenvalue weighted by Crippen LogP contribution is 2.33. The molecule has 16 heavy (non-hydrogen) atoms. The minimum absolute atomic E-state index is 0.0876. The molecule has 0 aliphatic carbocycles. The molecule has 1 aromatic rings. The molecule has 1 N–H and O–H groups in total. The van der Waals surface area contributed by atoms with Crippen molar-refractivity contribution in [1.82, 2.24) is 0 Å². The van der Waals surface area contributed by atoms with E-state index in [1.165, 1.54) is 11.1 Å². The zero-order valence-corrected chi connectivity index (χ0v) is 9.86. The monoisotopic (exact) mass is 220 g/mol. The van der Waals surface area contributed by atoms with Gasteiger partial charge in [-0.2, -0.15) is 0 Å². The molecule has 0 aromatic heterocycles. The van der Waals surface area contributed by atoms with Gasteiger partial charge in [-0.05, 0) is 30.4 Å². The standard InChI is InChI=1S/C14H20O2/c1-2-11-5-7-12(8-6-11)14-13(10-15)4-3-9-16-14/h5-8,13-15H,2-4,9-10H2,1H3. The van der Waals surface area contributed by atoms with Gasteiger partial charge in [-0.3, -0.25) is 0 Å². The van der Waals surface area contributed by atoms with Crippen molar-refractivity contribution in [2.24, 2.45) is 5.92 Å². The predicted molar refractivity (Wildman–Crippen MR) is 64.3 cm³/mol. The SMILES string of the molecule is CCc1ccc(C2OCCCC2CO)cc1. The van der Waals surface area contributed by atoms with E-state index in [0.29, 0.717) is 0 Å². The Hall–Kier alpha value is -0.860. The van der Waals surface area contributed by atoms with Crippen molar-refractivity contribution in [3.8, 4) is 0 Å². The Morgan fingerprint density at radius 2 is 2.06 bits per heavy atom. The summed E-state index contributed by atoms with van der Waals surface area (Å²) >= 11 is 0. The van der Waals surface area contributed by atoms with Crippen LogP contribution in [-0.2, 0) is 11.2 Å². The van der Waals surface area contributed by atoms with E-state index < -0.39 is 0 Å². The van der Waals surface area contributed by atoms with Gasteiger partial charge in [0, 0.05) is 19.1 Å². The first kappa shape index (κ1) is 11.6.